The van der Waals surface area contributed by atoms with E-state index in [9.17, 15) is 0 Å². The standard InChI is InChI=1S/C16H18N4O/c1-3-20-7-6-13(10-20)9-17-15-8-14(5-4-12(15)2)16-19-18-11-21-16/h4-8,10-11,17H,3,9H2,1-2H3. The number of aryl methyl sites for hydroxylation is 2. The van der Waals surface area contributed by atoms with Crippen LogP contribution >= 0.6 is 0 Å². The second-order valence-electron chi connectivity index (χ2n) is 4.98. The van der Waals surface area contributed by atoms with Gasteiger partial charge in [-0.2, -0.15) is 0 Å². The van der Waals surface area contributed by atoms with Gasteiger partial charge >= 0.3 is 0 Å². The van der Waals surface area contributed by atoms with Crippen LogP contribution in [0.1, 0.15) is 18.1 Å². The second kappa shape index (κ2) is 5.83. The van der Waals surface area contributed by atoms with Gasteiger partial charge in [0.15, 0.2) is 0 Å². The predicted octanol–water partition coefficient (Wildman–Crippen LogP) is 3.48. The van der Waals surface area contributed by atoms with Crippen LogP contribution in [0.4, 0.5) is 5.69 Å². The summed E-state index contributed by atoms with van der Waals surface area (Å²) in [5.41, 5.74) is 4.45. The van der Waals surface area contributed by atoms with Gasteiger partial charge in [0.05, 0.1) is 0 Å². The summed E-state index contributed by atoms with van der Waals surface area (Å²) in [6.45, 7) is 6.00. The first-order chi connectivity index (χ1) is 10.3. The van der Waals surface area contributed by atoms with E-state index in [1.54, 1.807) is 0 Å². The van der Waals surface area contributed by atoms with E-state index in [1.807, 2.05) is 12.1 Å². The highest BCUT2D eigenvalue weighted by Gasteiger charge is 2.07. The number of hydrogen-bond donors (Lipinski definition) is 1. The van der Waals surface area contributed by atoms with Crippen LogP contribution in [0.3, 0.4) is 0 Å². The van der Waals surface area contributed by atoms with Crippen molar-refractivity contribution in [1.29, 1.82) is 0 Å². The Kier molecular flexibility index (Phi) is 3.73. The number of nitrogens with zero attached hydrogens (tertiary/aromatic N) is 3. The maximum absolute atomic E-state index is 5.24. The lowest BCUT2D eigenvalue weighted by molar-refractivity contribution is 0.568. The Bertz CT molecular complexity index is 716. The van der Waals surface area contributed by atoms with Crippen LogP contribution in [0.15, 0.2) is 47.5 Å². The highest BCUT2D eigenvalue weighted by atomic mass is 16.4. The summed E-state index contributed by atoms with van der Waals surface area (Å²) in [5, 5.41) is 11.1. The van der Waals surface area contributed by atoms with E-state index in [0.717, 1.165) is 24.3 Å². The first-order valence-corrected chi connectivity index (χ1v) is 7.02. The van der Waals surface area contributed by atoms with Crippen molar-refractivity contribution in [3.63, 3.8) is 0 Å². The molecule has 0 aliphatic carbocycles. The molecule has 3 aromatic rings. The number of benzene rings is 1. The van der Waals surface area contributed by atoms with Crippen molar-refractivity contribution in [2.45, 2.75) is 26.9 Å². The fourth-order valence-corrected chi connectivity index (χ4v) is 2.23. The molecule has 1 N–H and O–H groups in total. The van der Waals surface area contributed by atoms with Gasteiger partial charge in [0.25, 0.3) is 0 Å². The van der Waals surface area contributed by atoms with Crippen molar-refractivity contribution < 1.29 is 4.42 Å². The van der Waals surface area contributed by atoms with Crippen molar-refractivity contribution in [1.82, 2.24) is 14.8 Å². The van der Waals surface area contributed by atoms with E-state index in [-0.39, 0.29) is 0 Å². The Morgan fingerprint density at radius 3 is 2.90 bits per heavy atom. The van der Waals surface area contributed by atoms with Gasteiger partial charge in [-0.15, -0.1) is 10.2 Å². The van der Waals surface area contributed by atoms with E-state index < -0.39 is 0 Å². The molecule has 0 spiro atoms. The first kappa shape index (κ1) is 13.4. The molecule has 2 aromatic heterocycles. The van der Waals surface area contributed by atoms with Crippen molar-refractivity contribution in [2.24, 2.45) is 0 Å². The van der Waals surface area contributed by atoms with E-state index in [4.69, 9.17) is 4.42 Å². The highest BCUT2D eigenvalue weighted by molar-refractivity contribution is 5.64. The molecular weight excluding hydrogens is 264 g/mol. The fourth-order valence-electron chi connectivity index (χ4n) is 2.23. The van der Waals surface area contributed by atoms with Crippen molar-refractivity contribution >= 4 is 5.69 Å². The van der Waals surface area contributed by atoms with Gasteiger partial charge in [-0.05, 0) is 43.2 Å². The molecule has 0 atom stereocenters. The fraction of sp³-hybridized carbons (Fsp3) is 0.250. The summed E-state index contributed by atoms with van der Waals surface area (Å²) >= 11 is 0. The third kappa shape index (κ3) is 2.97. The summed E-state index contributed by atoms with van der Waals surface area (Å²) in [5.74, 6) is 0.537. The van der Waals surface area contributed by atoms with Crippen LogP contribution in [0.5, 0.6) is 0 Å². The lowest BCUT2D eigenvalue weighted by Crippen LogP contribution is -2.00. The van der Waals surface area contributed by atoms with Crippen molar-refractivity contribution in [2.75, 3.05) is 5.32 Å². The summed E-state index contributed by atoms with van der Waals surface area (Å²) in [7, 11) is 0. The molecule has 0 saturated carbocycles. The summed E-state index contributed by atoms with van der Waals surface area (Å²) < 4.78 is 7.41. The Labute approximate surface area is 123 Å². The van der Waals surface area contributed by atoms with E-state index in [0.29, 0.717) is 5.89 Å². The second-order valence-corrected chi connectivity index (χ2v) is 4.98. The van der Waals surface area contributed by atoms with Gasteiger partial charge in [-0.3, -0.25) is 0 Å². The van der Waals surface area contributed by atoms with Gasteiger partial charge in [-0.25, -0.2) is 0 Å². The van der Waals surface area contributed by atoms with E-state index >= 15 is 0 Å². The molecule has 0 fully saturated rings. The third-order valence-electron chi connectivity index (χ3n) is 3.50. The minimum Gasteiger partial charge on any atom is -0.423 e. The lowest BCUT2D eigenvalue weighted by Gasteiger charge is -2.10. The molecule has 0 bridgehead atoms. The monoisotopic (exact) mass is 282 g/mol. The van der Waals surface area contributed by atoms with Gasteiger partial charge in [0.1, 0.15) is 0 Å². The topological polar surface area (TPSA) is 55.9 Å². The molecule has 0 radical (unpaired) electrons. The molecule has 1 aromatic carbocycles. The van der Waals surface area contributed by atoms with Gasteiger partial charge in [0, 0.05) is 36.7 Å². The van der Waals surface area contributed by atoms with Crippen LogP contribution in [0.2, 0.25) is 0 Å². The highest BCUT2D eigenvalue weighted by Crippen LogP contribution is 2.24. The normalized spacial score (nSPS) is 10.8. The Morgan fingerprint density at radius 2 is 2.19 bits per heavy atom. The average molecular weight is 282 g/mol. The number of aromatic nitrogens is 3. The largest absolute Gasteiger partial charge is 0.423 e. The molecular formula is C16H18N4O. The smallest absolute Gasteiger partial charge is 0.247 e. The third-order valence-corrected chi connectivity index (χ3v) is 3.50. The van der Waals surface area contributed by atoms with Crippen LogP contribution in [-0.2, 0) is 13.1 Å². The molecule has 3 rings (SSSR count). The van der Waals surface area contributed by atoms with Crippen molar-refractivity contribution in [3.05, 3.63) is 54.2 Å². The quantitative estimate of drug-likeness (QED) is 0.778. The molecule has 2 heterocycles. The molecule has 5 nitrogen and oxygen atoms in total. The van der Waals surface area contributed by atoms with Crippen LogP contribution < -0.4 is 5.32 Å². The summed E-state index contributed by atoms with van der Waals surface area (Å²) in [4.78, 5) is 0. The molecule has 0 amide bonds. The number of rotatable bonds is 5. The van der Waals surface area contributed by atoms with Gasteiger partial charge in [0.2, 0.25) is 12.3 Å². The first-order valence-electron chi connectivity index (χ1n) is 7.02. The zero-order valence-corrected chi connectivity index (χ0v) is 12.2. The predicted molar refractivity (Wildman–Crippen MR) is 81.9 cm³/mol. The minimum atomic E-state index is 0.537. The summed E-state index contributed by atoms with van der Waals surface area (Å²) in [6.07, 6.45) is 5.60. The Hall–Kier alpha value is -2.56. The molecule has 5 heteroatoms. The minimum absolute atomic E-state index is 0.537. The molecule has 108 valence electrons. The van der Waals surface area contributed by atoms with Crippen LogP contribution in [0, 0.1) is 6.92 Å². The maximum Gasteiger partial charge on any atom is 0.247 e. The Morgan fingerprint density at radius 1 is 1.29 bits per heavy atom. The zero-order chi connectivity index (χ0) is 14.7. The molecule has 21 heavy (non-hydrogen) atoms. The molecule has 0 unspecified atom stereocenters. The molecule has 0 aliphatic heterocycles. The van der Waals surface area contributed by atoms with Crippen molar-refractivity contribution in [3.8, 4) is 11.5 Å². The van der Waals surface area contributed by atoms with E-state index in [1.165, 1.54) is 17.5 Å². The SMILES string of the molecule is CCn1ccc(CNc2cc(-c3nnco3)ccc2C)c1. The van der Waals surface area contributed by atoms with E-state index in [2.05, 4.69) is 58.5 Å². The number of nitrogens with one attached hydrogen (secondary N) is 1. The van der Waals surface area contributed by atoms with Gasteiger partial charge < -0.3 is 14.3 Å². The zero-order valence-electron chi connectivity index (χ0n) is 12.2. The van der Waals surface area contributed by atoms with Crippen LogP contribution in [-0.4, -0.2) is 14.8 Å². The molecule has 0 saturated heterocycles. The number of anilines is 1. The number of hydrogen-bond acceptors (Lipinski definition) is 4. The Balaban J connectivity index is 1.76. The van der Waals surface area contributed by atoms with Gasteiger partial charge in [-0.1, -0.05) is 6.07 Å². The lowest BCUT2D eigenvalue weighted by atomic mass is 10.1. The molecule has 0 aliphatic rings. The summed E-state index contributed by atoms with van der Waals surface area (Å²) in [6, 6.07) is 8.22. The van der Waals surface area contributed by atoms with Crippen LogP contribution in [0.25, 0.3) is 11.5 Å². The average Bonchev–Trinajstić information content (AvgIpc) is 3.18. The maximum atomic E-state index is 5.24.